The van der Waals surface area contributed by atoms with Crippen LogP contribution in [-0.2, 0) is 14.3 Å². The summed E-state index contributed by atoms with van der Waals surface area (Å²) in [6, 6.07) is 0. The first-order valence-corrected chi connectivity index (χ1v) is 11.5. The predicted molar refractivity (Wildman–Crippen MR) is 136 cm³/mol. The highest BCUT2D eigenvalue weighted by Gasteiger charge is 2.23. The van der Waals surface area contributed by atoms with Crippen LogP contribution in [0.4, 0.5) is 0 Å². The van der Waals surface area contributed by atoms with Crippen LogP contribution in [0.2, 0.25) is 0 Å². The molecule has 8 nitrogen and oxygen atoms in total. The van der Waals surface area contributed by atoms with Gasteiger partial charge in [-0.2, -0.15) is 0 Å². The molecule has 0 aromatic carbocycles. The van der Waals surface area contributed by atoms with E-state index in [0.717, 1.165) is 70.8 Å². The molecule has 1 N–H and O–H groups in total. The van der Waals surface area contributed by atoms with Gasteiger partial charge >= 0.3 is 0 Å². The Kier molecular flexibility index (Phi) is 14.7. The van der Waals surface area contributed by atoms with Crippen molar-refractivity contribution < 1.29 is 14.3 Å². The lowest BCUT2D eigenvalue weighted by molar-refractivity contribution is -0.127. The Morgan fingerprint density at radius 2 is 1.90 bits per heavy atom. The van der Waals surface area contributed by atoms with E-state index in [1.54, 1.807) is 26.1 Å². The van der Waals surface area contributed by atoms with Crippen LogP contribution in [0.5, 0.6) is 0 Å². The minimum atomic E-state index is 0. The molecule has 0 aromatic rings. The molecular formula is C22H44IN5O3. The summed E-state index contributed by atoms with van der Waals surface area (Å²) < 4.78 is 10.6. The number of likely N-dealkylation sites (N-methyl/N-ethyl adjacent to an activating group) is 2. The lowest BCUT2D eigenvalue weighted by Gasteiger charge is -2.35. The number of amides is 1. The summed E-state index contributed by atoms with van der Waals surface area (Å²) in [7, 11) is 7.48. The summed E-state index contributed by atoms with van der Waals surface area (Å²) >= 11 is 0. The quantitative estimate of drug-likeness (QED) is 0.239. The second kappa shape index (κ2) is 16.0. The van der Waals surface area contributed by atoms with Crippen molar-refractivity contribution >= 4 is 35.8 Å². The molecule has 0 aromatic heterocycles. The Hall–Kier alpha value is -0.650. The Labute approximate surface area is 206 Å². The highest BCUT2D eigenvalue weighted by Crippen LogP contribution is 2.22. The summed E-state index contributed by atoms with van der Waals surface area (Å²) in [5, 5.41) is 3.52. The van der Waals surface area contributed by atoms with E-state index in [1.807, 2.05) is 0 Å². The second-order valence-corrected chi connectivity index (χ2v) is 8.91. The molecule has 0 bridgehead atoms. The number of aliphatic imine (C=N–C) groups is 1. The number of rotatable bonds is 11. The van der Waals surface area contributed by atoms with Gasteiger partial charge in [0.1, 0.15) is 6.54 Å². The Morgan fingerprint density at radius 1 is 1.16 bits per heavy atom. The minimum Gasteiger partial charge on any atom is -0.383 e. The van der Waals surface area contributed by atoms with E-state index in [1.165, 1.54) is 25.7 Å². The molecule has 1 atom stereocenters. The average molecular weight is 554 g/mol. The van der Waals surface area contributed by atoms with Gasteiger partial charge in [-0.3, -0.25) is 4.79 Å². The van der Waals surface area contributed by atoms with Crippen LogP contribution in [0, 0.1) is 11.8 Å². The minimum absolute atomic E-state index is 0. The van der Waals surface area contributed by atoms with Crippen LogP contribution in [0.15, 0.2) is 4.99 Å². The first-order valence-electron chi connectivity index (χ1n) is 11.5. The van der Waals surface area contributed by atoms with Crippen LogP contribution in [-0.4, -0.2) is 114 Å². The van der Waals surface area contributed by atoms with Gasteiger partial charge in [-0.15, -0.1) is 24.0 Å². The highest BCUT2D eigenvalue weighted by molar-refractivity contribution is 14.0. The van der Waals surface area contributed by atoms with Crippen molar-refractivity contribution in [3.8, 4) is 0 Å². The van der Waals surface area contributed by atoms with Crippen molar-refractivity contribution in [3.63, 3.8) is 0 Å². The van der Waals surface area contributed by atoms with Crippen LogP contribution in [0.25, 0.3) is 0 Å². The average Bonchev–Trinajstić information content (AvgIpc) is 3.26. The molecular weight excluding hydrogens is 509 g/mol. The molecule has 0 radical (unpaired) electrons. The molecule has 31 heavy (non-hydrogen) atoms. The van der Waals surface area contributed by atoms with Gasteiger partial charge in [0, 0.05) is 59.9 Å². The van der Waals surface area contributed by atoms with E-state index < -0.39 is 0 Å². The van der Waals surface area contributed by atoms with Gasteiger partial charge in [0.05, 0.1) is 13.2 Å². The number of likely N-dealkylation sites (tertiary alicyclic amines) is 1. The lowest BCUT2D eigenvalue weighted by atomic mass is 9.92. The maximum atomic E-state index is 12.0. The van der Waals surface area contributed by atoms with E-state index in [4.69, 9.17) is 9.47 Å². The molecule has 2 rings (SSSR count). The largest absolute Gasteiger partial charge is 0.383 e. The molecule has 2 aliphatic heterocycles. The first kappa shape index (κ1) is 28.4. The molecule has 1 amide bonds. The fourth-order valence-electron chi connectivity index (χ4n) is 3.97. The van der Waals surface area contributed by atoms with Crippen LogP contribution >= 0.6 is 24.0 Å². The zero-order valence-electron chi connectivity index (χ0n) is 20.0. The molecule has 2 aliphatic rings. The smallest absolute Gasteiger partial charge is 0.243 e. The second-order valence-electron chi connectivity index (χ2n) is 8.91. The van der Waals surface area contributed by atoms with Gasteiger partial charge in [-0.1, -0.05) is 0 Å². The maximum Gasteiger partial charge on any atom is 0.243 e. The molecule has 2 heterocycles. The molecule has 9 heteroatoms. The molecule has 2 fully saturated rings. The van der Waals surface area contributed by atoms with Gasteiger partial charge < -0.3 is 29.5 Å². The summed E-state index contributed by atoms with van der Waals surface area (Å²) in [5.74, 6) is 2.23. The van der Waals surface area contributed by atoms with Gasteiger partial charge in [0.25, 0.3) is 0 Å². The molecule has 0 spiro atoms. The van der Waals surface area contributed by atoms with E-state index >= 15 is 0 Å². The number of guanidine groups is 1. The number of ether oxygens (including phenoxy) is 2. The van der Waals surface area contributed by atoms with Crippen molar-refractivity contribution in [3.05, 3.63) is 0 Å². The molecule has 1 unspecified atom stereocenters. The number of hydrogen-bond donors (Lipinski definition) is 1. The number of carbonyl (C=O) groups is 1. The third-order valence-corrected chi connectivity index (χ3v) is 6.18. The van der Waals surface area contributed by atoms with Gasteiger partial charge in [-0.05, 0) is 51.6 Å². The zero-order chi connectivity index (χ0) is 21.8. The number of piperidine rings is 1. The summed E-state index contributed by atoms with van der Waals surface area (Å²) in [5.41, 5.74) is 0. The summed E-state index contributed by atoms with van der Waals surface area (Å²) in [4.78, 5) is 23.0. The maximum absolute atomic E-state index is 12.0. The molecule has 0 aliphatic carbocycles. The van der Waals surface area contributed by atoms with Crippen molar-refractivity contribution in [2.75, 3.05) is 87.3 Å². The highest BCUT2D eigenvalue weighted by atomic mass is 127. The predicted octanol–water partition coefficient (Wildman–Crippen LogP) is 1.75. The van der Waals surface area contributed by atoms with E-state index in [9.17, 15) is 4.79 Å². The number of halogens is 1. The van der Waals surface area contributed by atoms with Crippen molar-refractivity contribution in [2.45, 2.75) is 32.1 Å². The Morgan fingerprint density at radius 3 is 2.52 bits per heavy atom. The van der Waals surface area contributed by atoms with E-state index in [2.05, 4.69) is 27.2 Å². The number of carbonyl (C=O) groups excluding carboxylic acids is 1. The summed E-state index contributed by atoms with van der Waals surface area (Å²) in [6.45, 7) is 7.68. The Bertz CT molecular complexity index is 521. The normalized spacial score (nSPS) is 20.1. The SMILES string of the molecule is COCCN(C)CCCC1CCN(C(=NCC(=O)N(C)C)NCC2CCOC2)CC1.I. The first-order chi connectivity index (χ1) is 14.5. The number of methoxy groups -OCH3 is 1. The molecule has 0 saturated carbocycles. The van der Waals surface area contributed by atoms with Gasteiger partial charge in [-0.25, -0.2) is 4.99 Å². The monoisotopic (exact) mass is 553 g/mol. The van der Waals surface area contributed by atoms with E-state index in [0.29, 0.717) is 5.92 Å². The van der Waals surface area contributed by atoms with Crippen molar-refractivity contribution in [2.24, 2.45) is 16.8 Å². The lowest BCUT2D eigenvalue weighted by Crippen LogP contribution is -2.47. The van der Waals surface area contributed by atoms with Crippen LogP contribution in [0.1, 0.15) is 32.1 Å². The van der Waals surface area contributed by atoms with E-state index in [-0.39, 0.29) is 36.4 Å². The Balaban J connectivity index is 0.00000480. The standard InChI is InChI=1S/C22H43N5O3.HI/c1-25(2)21(28)17-24-22(23-16-20-9-14-30-18-20)27-11-7-19(8-12-27)6-5-10-26(3)13-15-29-4;/h19-20H,5-18H2,1-4H3,(H,23,24);1H. The van der Waals surface area contributed by atoms with Crippen LogP contribution in [0.3, 0.4) is 0 Å². The zero-order valence-corrected chi connectivity index (χ0v) is 22.3. The molecule has 2 saturated heterocycles. The third-order valence-electron chi connectivity index (χ3n) is 6.18. The van der Waals surface area contributed by atoms with Crippen molar-refractivity contribution in [1.82, 2.24) is 20.0 Å². The topological polar surface area (TPSA) is 69.6 Å². The number of nitrogens with one attached hydrogen (secondary N) is 1. The van der Waals surface area contributed by atoms with Gasteiger partial charge in [0.15, 0.2) is 5.96 Å². The number of hydrogen-bond acceptors (Lipinski definition) is 5. The summed E-state index contributed by atoms with van der Waals surface area (Å²) in [6.07, 6.45) is 6.00. The number of nitrogens with zero attached hydrogens (tertiary/aromatic N) is 4. The van der Waals surface area contributed by atoms with Gasteiger partial charge in [0.2, 0.25) is 5.91 Å². The third kappa shape index (κ3) is 11.2. The van der Waals surface area contributed by atoms with Crippen molar-refractivity contribution in [1.29, 1.82) is 0 Å². The molecule has 182 valence electrons. The fourth-order valence-corrected chi connectivity index (χ4v) is 3.97. The van der Waals surface area contributed by atoms with Crippen LogP contribution < -0.4 is 5.32 Å². The fraction of sp³-hybridized carbons (Fsp3) is 0.909.